The highest BCUT2D eigenvalue weighted by molar-refractivity contribution is 6.30. The summed E-state index contributed by atoms with van der Waals surface area (Å²) in [5, 5.41) is 3.81. The monoisotopic (exact) mass is 399 g/mol. The summed E-state index contributed by atoms with van der Waals surface area (Å²) in [5.41, 5.74) is 6.29. The third-order valence-electron chi connectivity index (χ3n) is 5.51. The van der Waals surface area contributed by atoms with E-state index < -0.39 is 0 Å². The molecule has 0 spiro atoms. The van der Waals surface area contributed by atoms with Gasteiger partial charge in [-0.15, -0.1) is 12.4 Å². The van der Waals surface area contributed by atoms with Gasteiger partial charge in [-0.1, -0.05) is 24.4 Å². The van der Waals surface area contributed by atoms with Crippen LogP contribution in [0.2, 0.25) is 5.02 Å². The van der Waals surface area contributed by atoms with Gasteiger partial charge in [0, 0.05) is 30.2 Å². The quantitative estimate of drug-likeness (QED) is 0.816. The molecule has 3 N–H and O–H groups in total. The van der Waals surface area contributed by atoms with Crippen molar-refractivity contribution in [3.05, 3.63) is 34.9 Å². The van der Waals surface area contributed by atoms with E-state index in [1.165, 1.54) is 0 Å². The van der Waals surface area contributed by atoms with E-state index in [4.69, 9.17) is 17.3 Å². The van der Waals surface area contributed by atoms with Gasteiger partial charge in [0.1, 0.15) is 0 Å². The largest absolute Gasteiger partial charge is 0.349 e. The highest BCUT2D eigenvalue weighted by Gasteiger charge is 2.37. The summed E-state index contributed by atoms with van der Waals surface area (Å²) in [6, 6.07) is 6.90. The van der Waals surface area contributed by atoms with Gasteiger partial charge in [-0.3, -0.25) is 9.59 Å². The number of nitrogens with one attached hydrogen (secondary N) is 1. The van der Waals surface area contributed by atoms with E-state index in [-0.39, 0.29) is 35.7 Å². The summed E-state index contributed by atoms with van der Waals surface area (Å²) in [4.78, 5) is 27.2. The molecule has 1 saturated carbocycles. The number of nitrogens with zero attached hydrogens (tertiary/aromatic N) is 1. The van der Waals surface area contributed by atoms with Crippen molar-refractivity contribution in [2.45, 2.75) is 44.1 Å². The second-order valence-electron chi connectivity index (χ2n) is 7.28. The predicted molar refractivity (Wildman–Crippen MR) is 106 cm³/mol. The van der Waals surface area contributed by atoms with Crippen molar-refractivity contribution >= 4 is 35.8 Å². The van der Waals surface area contributed by atoms with Crippen LogP contribution in [0.4, 0.5) is 0 Å². The maximum absolute atomic E-state index is 12.7. The lowest BCUT2D eigenvalue weighted by Gasteiger charge is -2.35. The van der Waals surface area contributed by atoms with Gasteiger partial charge in [0.2, 0.25) is 5.91 Å². The van der Waals surface area contributed by atoms with Gasteiger partial charge in [0.05, 0.1) is 11.5 Å². The fourth-order valence-electron chi connectivity index (χ4n) is 3.95. The Balaban J connectivity index is 0.00000243. The Bertz CT molecular complexity index is 630. The first-order chi connectivity index (χ1) is 12.0. The zero-order valence-electron chi connectivity index (χ0n) is 14.9. The van der Waals surface area contributed by atoms with Crippen molar-refractivity contribution in [3.8, 4) is 0 Å². The molecule has 1 aliphatic carbocycles. The Morgan fingerprint density at radius 3 is 2.46 bits per heavy atom. The molecule has 26 heavy (non-hydrogen) atoms. The second-order valence-corrected chi connectivity index (χ2v) is 7.71. The van der Waals surface area contributed by atoms with E-state index >= 15 is 0 Å². The maximum atomic E-state index is 12.7. The molecule has 1 unspecified atom stereocenters. The Kier molecular flexibility index (Phi) is 7.33. The van der Waals surface area contributed by atoms with E-state index in [1.807, 2.05) is 0 Å². The maximum Gasteiger partial charge on any atom is 0.253 e. The van der Waals surface area contributed by atoms with Gasteiger partial charge in [0.15, 0.2) is 0 Å². The van der Waals surface area contributed by atoms with Crippen molar-refractivity contribution in [2.75, 3.05) is 19.6 Å². The van der Waals surface area contributed by atoms with Crippen LogP contribution in [0, 0.1) is 5.92 Å². The van der Waals surface area contributed by atoms with Crippen LogP contribution in [0.15, 0.2) is 24.3 Å². The summed E-state index contributed by atoms with van der Waals surface area (Å²) in [6.07, 6.45) is 5.79. The van der Waals surface area contributed by atoms with Crippen LogP contribution in [-0.2, 0) is 4.79 Å². The van der Waals surface area contributed by atoms with Gasteiger partial charge in [-0.25, -0.2) is 0 Å². The van der Waals surface area contributed by atoms with Crippen LogP contribution in [0.25, 0.3) is 0 Å². The van der Waals surface area contributed by atoms with Crippen molar-refractivity contribution in [1.29, 1.82) is 0 Å². The van der Waals surface area contributed by atoms with Gasteiger partial charge >= 0.3 is 0 Å². The molecule has 2 fully saturated rings. The Morgan fingerprint density at radius 2 is 1.85 bits per heavy atom. The van der Waals surface area contributed by atoms with Gasteiger partial charge in [0.25, 0.3) is 5.91 Å². The number of carbonyl (C=O) groups is 2. The smallest absolute Gasteiger partial charge is 0.253 e. The minimum atomic E-state index is -0.237. The van der Waals surface area contributed by atoms with Gasteiger partial charge < -0.3 is 16.0 Å². The normalized spacial score (nSPS) is 21.8. The van der Waals surface area contributed by atoms with Crippen molar-refractivity contribution in [2.24, 2.45) is 11.7 Å². The molecule has 0 bridgehead atoms. The molecule has 3 rings (SSSR count). The van der Waals surface area contributed by atoms with E-state index in [0.717, 1.165) is 38.5 Å². The van der Waals surface area contributed by atoms with Crippen molar-refractivity contribution < 1.29 is 9.59 Å². The predicted octanol–water partition coefficient (Wildman–Crippen LogP) is 3.00. The number of benzene rings is 1. The fraction of sp³-hybridized carbons (Fsp3) is 0.579. The molecule has 0 aromatic heterocycles. The Hall–Kier alpha value is -1.30. The van der Waals surface area contributed by atoms with Crippen LogP contribution in [0.5, 0.6) is 0 Å². The number of amides is 2. The van der Waals surface area contributed by atoms with Crippen LogP contribution in [-0.4, -0.2) is 41.9 Å². The summed E-state index contributed by atoms with van der Waals surface area (Å²) in [6.45, 7) is 1.64. The number of carbonyl (C=O) groups excluding carboxylic acids is 2. The van der Waals surface area contributed by atoms with Crippen LogP contribution in [0.1, 0.15) is 48.9 Å². The lowest BCUT2D eigenvalue weighted by molar-refractivity contribution is -0.128. The molecular weight excluding hydrogens is 373 g/mol. The molecule has 0 radical (unpaired) electrons. The molecule has 1 aromatic carbocycles. The lowest BCUT2D eigenvalue weighted by atomic mass is 9.92. The third-order valence-corrected chi connectivity index (χ3v) is 5.76. The van der Waals surface area contributed by atoms with E-state index in [1.54, 1.807) is 29.2 Å². The van der Waals surface area contributed by atoms with Gasteiger partial charge in [-0.2, -0.15) is 0 Å². The molecule has 144 valence electrons. The minimum Gasteiger partial charge on any atom is -0.349 e. The zero-order chi connectivity index (χ0) is 17.9. The zero-order valence-corrected chi connectivity index (χ0v) is 16.5. The highest BCUT2D eigenvalue weighted by atomic mass is 35.5. The van der Waals surface area contributed by atoms with Crippen molar-refractivity contribution in [3.63, 3.8) is 0 Å². The number of hydrogen-bond donors (Lipinski definition) is 2. The molecule has 1 atom stereocenters. The average molecular weight is 400 g/mol. The summed E-state index contributed by atoms with van der Waals surface area (Å²) < 4.78 is 0. The first kappa shape index (κ1) is 21.0. The number of hydrogen-bond acceptors (Lipinski definition) is 3. The van der Waals surface area contributed by atoms with Crippen LogP contribution in [0.3, 0.4) is 0 Å². The third kappa shape index (κ3) is 4.70. The topological polar surface area (TPSA) is 75.4 Å². The molecule has 1 saturated heterocycles. The number of piperidine rings is 1. The molecule has 7 heteroatoms. The highest BCUT2D eigenvalue weighted by Crippen LogP contribution is 2.30. The number of halogens is 2. The number of likely N-dealkylation sites (tertiary alicyclic amines) is 1. The first-order valence-corrected chi connectivity index (χ1v) is 9.48. The number of nitrogens with two attached hydrogens (primary N) is 1. The van der Waals surface area contributed by atoms with E-state index in [9.17, 15) is 9.59 Å². The van der Waals surface area contributed by atoms with E-state index in [0.29, 0.717) is 30.2 Å². The summed E-state index contributed by atoms with van der Waals surface area (Å²) in [5.74, 6) is -0.154. The van der Waals surface area contributed by atoms with Crippen molar-refractivity contribution in [1.82, 2.24) is 10.2 Å². The lowest BCUT2D eigenvalue weighted by Crippen LogP contribution is -2.55. The second kappa shape index (κ2) is 9.07. The molecule has 1 aliphatic heterocycles. The molecule has 1 heterocycles. The molecule has 1 aromatic rings. The Labute approximate surface area is 166 Å². The van der Waals surface area contributed by atoms with E-state index in [2.05, 4.69) is 5.32 Å². The van der Waals surface area contributed by atoms with Crippen LogP contribution >= 0.6 is 24.0 Å². The molecule has 5 nitrogen and oxygen atoms in total. The average Bonchev–Trinajstić information content (AvgIpc) is 3.11. The van der Waals surface area contributed by atoms with Gasteiger partial charge in [-0.05, 0) is 49.9 Å². The first-order valence-electron chi connectivity index (χ1n) is 9.10. The molecule has 2 amide bonds. The molecule has 2 aliphatic rings. The number of rotatable bonds is 4. The standard InChI is InChI=1S/C19H26ClN3O2.ClH/c20-16-7-5-14(6-8-16)18(25)23-11-3-4-15(12-23)17(24)22-19(13-21)9-1-2-10-19;/h5-8,15H,1-4,9-13,21H2,(H,22,24);1H. The minimum absolute atomic E-state index is 0. The summed E-state index contributed by atoms with van der Waals surface area (Å²) in [7, 11) is 0. The van der Waals surface area contributed by atoms with Crippen LogP contribution < -0.4 is 11.1 Å². The molecular formula is C19H27Cl2N3O2. The SMILES string of the molecule is Cl.NCC1(NC(=O)C2CCCN(C(=O)c3ccc(Cl)cc3)C2)CCCC1. The Morgan fingerprint density at radius 1 is 1.19 bits per heavy atom. The fourth-order valence-corrected chi connectivity index (χ4v) is 4.07. The summed E-state index contributed by atoms with van der Waals surface area (Å²) >= 11 is 5.89.